The highest BCUT2D eigenvalue weighted by Crippen LogP contribution is 2.24. The number of hydrogen-bond acceptors (Lipinski definition) is 14. The molecule has 18 nitrogen and oxygen atoms in total. The Balaban J connectivity index is 2.63. The highest BCUT2D eigenvalue weighted by Gasteiger charge is 2.49. The van der Waals surface area contributed by atoms with Gasteiger partial charge in [0.15, 0.2) is 29.6 Å². The predicted molar refractivity (Wildman–Crippen MR) is 198 cm³/mol. The minimum Gasteiger partial charge on any atom is -0.370 e. The average Bonchev–Trinajstić information content (AvgIpc) is 3.10. The second-order valence-corrected chi connectivity index (χ2v) is 15.2. The Morgan fingerprint density at radius 1 is 0.870 bits per heavy atom. The fourth-order valence-corrected chi connectivity index (χ4v) is 6.77. The van der Waals surface area contributed by atoms with Gasteiger partial charge in [-0.3, -0.25) is 49.1 Å². The van der Waals surface area contributed by atoms with Crippen LogP contribution in [0.1, 0.15) is 73.6 Å². The SMILES string of the molecule is CN[C@@H](C)C(=O)CC1C(=O)N(C(C(C)=O)C(=O)[C@@H](N)CCC(N)=O)CCN1C(=O)C(N[C@H](C=O)CC(C)C)N1CCN(C)C(N[C@H](C=O)CC(C)C)C1=O. The van der Waals surface area contributed by atoms with Gasteiger partial charge in [-0.05, 0) is 59.0 Å². The number of amides is 4. The Hall–Kier alpha value is -3.97. The van der Waals surface area contributed by atoms with Crippen LogP contribution in [0.5, 0.6) is 0 Å². The number of carbonyl (C=O) groups excluding carboxylic acids is 9. The van der Waals surface area contributed by atoms with Crippen molar-refractivity contribution in [3.05, 3.63) is 0 Å². The van der Waals surface area contributed by atoms with Crippen molar-refractivity contribution >= 4 is 53.6 Å². The Kier molecular flexibility index (Phi) is 18.1. The lowest BCUT2D eigenvalue weighted by atomic mass is 9.94. The summed E-state index contributed by atoms with van der Waals surface area (Å²) in [4.78, 5) is 124. The van der Waals surface area contributed by atoms with E-state index in [0.717, 1.165) is 23.0 Å². The van der Waals surface area contributed by atoms with Crippen LogP contribution >= 0.6 is 0 Å². The van der Waals surface area contributed by atoms with Gasteiger partial charge in [0.25, 0.3) is 11.8 Å². The minimum atomic E-state index is -1.65. The van der Waals surface area contributed by atoms with E-state index in [2.05, 4.69) is 16.0 Å². The van der Waals surface area contributed by atoms with Gasteiger partial charge in [0, 0.05) is 39.0 Å². The number of nitrogens with zero attached hydrogens (tertiary/aromatic N) is 4. The van der Waals surface area contributed by atoms with Gasteiger partial charge >= 0.3 is 0 Å². The third kappa shape index (κ3) is 12.3. The Labute approximate surface area is 317 Å². The quantitative estimate of drug-likeness (QED) is 0.0535. The molecule has 7 N–H and O–H groups in total. The standard InChI is InChI=1S/C36H61N9O9/c1-20(2)15-24(18-46)40-32-35(53)45(12-11-42(32)8)33(41-25(19-47)16-21(3)4)36(54)43-13-14-44(34(52)27(43)17-28(49)22(5)39-7)30(23(6)48)31(51)26(37)9-10-29(38)50/h18-22,24-27,30,32-33,39-41H,9-17,37H2,1-8H3,(H2,38,50)/t22-,24-,25-,26-,27?,30?,32?,33?/m0/s1. The molecule has 2 aliphatic heterocycles. The summed E-state index contributed by atoms with van der Waals surface area (Å²) in [5, 5.41) is 8.95. The van der Waals surface area contributed by atoms with Crippen molar-refractivity contribution < 1.29 is 43.2 Å². The van der Waals surface area contributed by atoms with Crippen molar-refractivity contribution in [1.82, 2.24) is 35.6 Å². The van der Waals surface area contributed by atoms with E-state index < -0.39 is 96.0 Å². The summed E-state index contributed by atoms with van der Waals surface area (Å²) in [6, 6.07) is -6.74. The van der Waals surface area contributed by atoms with Crippen LogP contribution in [0.3, 0.4) is 0 Å². The molecular weight excluding hydrogens is 702 g/mol. The second-order valence-electron chi connectivity index (χ2n) is 15.2. The van der Waals surface area contributed by atoms with E-state index in [1.165, 1.54) is 4.90 Å². The smallest absolute Gasteiger partial charge is 0.261 e. The van der Waals surface area contributed by atoms with Gasteiger partial charge in [-0.1, -0.05) is 27.7 Å². The number of Topliss-reactive ketones (excluding diaryl/α,β-unsaturated/α-hetero) is 3. The summed E-state index contributed by atoms with van der Waals surface area (Å²) in [7, 11) is 3.25. The number of aldehydes is 2. The Morgan fingerprint density at radius 3 is 1.96 bits per heavy atom. The topological polar surface area (TPSA) is 255 Å². The number of nitrogens with one attached hydrogen (secondary N) is 3. The van der Waals surface area contributed by atoms with Crippen LogP contribution in [0.15, 0.2) is 0 Å². The molecule has 0 radical (unpaired) electrons. The van der Waals surface area contributed by atoms with Crippen LogP contribution in [0.4, 0.5) is 0 Å². The average molecular weight is 764 g/mol. The molecule has 2 rings (SSSR count). The van der Waals surface area contributed by atoms with Crippen LogP contribution in [-0.4, -0.2) is 162 Å². The first-order valence-corrected chi connectivity index (χ1v) is 18.6. The van der Waals surface area contributed by atoms with Crippen molar-refractivity contribution in [3.8, 4) is 0 Å². The Bertz CT molecular complexity index is 1390. The van der Waals surface area contributed by atoms with E-state index in [9.17, 15) is 43.2 Å². The molecule has 18 heteroatoms. The first-order chi connectivity index (χ1) is 25.3. The van der Waals surface area contributed by atoms with E-state index >= 15 is 0 Å². The van der Waals surface area contributed by atoms with Gasteiger partial charge in [-0.25, -0.2) is 0 Å². The first-order valence-electron chi connectivity index (χ1n) is 18.6. The maximum Gasteiger partial charge on any atom is 0.261 e. The second kappa shape index (κ2) is 21.2. The first kappa shape index (κ1) is 46.2. The van der Waals surface area contributed by atoms with Crippen molar-refractivity contribution in [2.45, 2.75) is 122 Å². The molecule has 0 aromatic rings. The monoisotopic (exact) mass is 763 g/mol. The predicted octanol–water partition coefficient (Wildman–Crippen LogP) is -2.45. The van der Waals surface area contributed by atoms with Gasteiger partial charge < -0.3 is 41.1 Å². The van der Waals surface area contributed by atoms with Gasteiger partial charge in [0.2, 0.25) is 11.8 Å². The molecule has 4 unspecified atom stereocenters. The van der Waals surface area contributed by atoms with Crippen LogP contribution in [0.2, 0.25) is 0 Å². The van der Waals surface area contributed by atoms with Gasteiger partial charge in [0.05, 0.1) is 24.2 Å². The lowest BCUT2D eigenvalue weighted by molar-refractivity contribution is -0.165. The number of likely N-dealkylation sites (N-methyl/N-ethyl adjacent to an activating group) is 2. The van der Waals surface area contributed by atoms with E-state index in [4.69, 9.17) is 11.5 Å². The molecule has 0 saturated carbocycles. The van der Waals surface area contributed by atoms with E-state index in [0.29, 0.717) is 19.1 Å². The molecule has 2 heterocycles. The molecular formula is C36H61N9O9. The fraction of sp³-hybridized carbons (Fsp3) is 0.750. The van der Waals surface area contributed by atoms with Crippen LogP contribution in [0.25, 0.3) is 0 Å². The molecule has 0 spiro atoms. The molecule has 54 heavy (non-hydrogen) atoms. The van der Waals surface area contributed by atoms with Crippen LogP contribution in [-0.2, 0) is 43.2 Å². The van der Waals surface area contributed by atoms with E-state index in [-0.39, 0.29) is 50.9 Å². The van der Waals surface area contributed by atoms with E-state index in [1.807, 2.05) is 27.7 Å². The minimum absolute atomic E-state index is 0.0133. The highest BCUT2D eigenvalue weighted by molar-refractivity contribution is 6.11. The molecule has 4 amide bonds. The lowest BCUT2D eigenvalue weighted by Crippen LogP contribution is -2.72. The molecule has 0 aromatic heterocycles. The third-order valence-electron chi connectivity index (χ3n) is 9.87. The van der Waals surface area contributed by atoms with Crippen LogP contribution < -0.4 is 27.4 Å². The number of nitrogens with two attached hydrogens (primary N) is 2. The van der Waals surface area contributed by atoms with Crippen LogP contribution in [0, 0.1) is 11.8 Å². The number of primary amides is 1. The summed E-state index contributed by atoms with van der Waals surface area (Å²) in [5.74, 6) is -4.70. The fourth-order valence-electron chi connectivity index (χ4n) is 6.77. The van der Waals surface area contributed by atoms with Gasteiger partial charge in [-0.15, -0.1) is 0 Å². The number of carbonyl (C=O) groups is 9. The molecule has 0 bridgehead atoms. The summed E-state index contributed by atoms with van der Waals surface area (Å²) < 4.78 is 0. The molecule has 2 fully saturated rings. The lowest BCUT2D eigenvalue weighted by Gasteiger charge is -2.47. The third-order valence-corrected chi connectivity index (χ3v) is 9.87. The Morgan fingerprint density at radius 2 is 1.44 bits per heavy atom. The molecule has 2 saturated heterocycles. The van der Waals surface area contributed by atoms with Crippen molar-refractivity contribution in [2.75, 3.05) is 40.3 Å². The number of hydrogen-bond donors (Lipinski definition) is 5. The zero-order valence-corrected chi connectivity index (χ0v) is 32.9. The molecule has 304 valence electrons. The highest BCUT2D eigenvalue weighted by atomic mass is 16.2. The van der Waals surface area contributed by atoms with Crippen molar-refractivity contribution in [1.29, 1.82) is 0 Å². The van der Waals surface area contributed by atoms with Gasteiger partial charge in [0.1, 0.15) is 24.8 Å². The summed E-state index contributed by atoms with van der Waals surface area (Å²) >= 11 is 0. The molecule has 0 aliphatic carbocycles. The maximum atomic E-state index is 14.8. The largest absolute Gasteiger partial charge is 0.370 e. The van der Waals surface area contributed by atoms with E-state index in [1.54, 1.807) is 25.9 Å². The zero-order chi connectivity index (χ0) is 41.0. The number of piperazine rings is 2. The van der Waals surface area contributed by atoms with Gasteiger partial charge in [-0.2, -0.15) is 0 Å². The molecule has 0 aromatic carbocycles. The summed E-state index contributed by atoms with van der Waals surface area (Å²) in [6.45, 7) is 10.1. The molecule has 2 aliphatic rings. The maximum absolute atomic E-state index is 14.8. The molecule has 8 atom stereocenters. The van der Waals surface area contributed by atoms with Crippen molar-refractivity contribution in [3.63, 3.8) is 0 Å². The van der Waals surface area contributed by atoms with Crippen molar-refractivity contribution in [2.24, 2.45) is 23.3 Å². The number of rotatable bonds is 23. The summed E-state index contributed by atoms with van der Waals surface area (Å²) in [6.07, 6.45) is -1.22. The normalized spacial score (nSPS) is 21.7. The summed E-state index contributed by atoms with van der Waals surface area (Å²) in [5.41, 5.74) is 11.3. The number of ketones is 3. The zero-order valence-electron chi connectivity index (χ0n) is 32.9.